The fourth-order valence-corrected chi connectivity index (χ4v) is 2.59. The standard InChI is InChI=1S/C15H22N2O2/c1-2-14(18)11-5-7-13(8-6-11)17-9-3-4-12(10-17)15(16)19/h5-8,12,14,18H,2-4,9-10H2,1H3,(H2,16,19). The molecule has 1 aliphatic rings. The Kier molecular flexibility index (Phi) is 4.43. The fraction of sp³-hybridized carbons (Fsp3) is 0.533. The number of benzene rings is 1. The van der Waals surface area contributed by atoms with Gasteiger partial charge in [0.2, 0.25) is 5.91 Å². The molecule has 1 saturated heterocycles. The van der Waals surface area contributed by atoms with Gasteiger partial charge in [-0.05, 0) is 37.0 Å². The maximum absolute atomic E-state index is 11.3. The highest BCUT2D eigenvalue weighted by Crippen LogP contribution is 2.25. The average Bonchev–Trinajstić information content (AvgIpc) is 2.46. The number of amides is 1. The number of nitrogens with two attached hydrogens (primary N) is 1. The predicted molar refractivity (Wildman–Crippen MR) is 75.8 cm³/mol. The highest BCUT2D eigenvalue weighted by molar-refractivity contribution is 5.77. The molecule has 1 aromatic carbocycles. The van der Waals surface area contributed by atoms with E-state index in [1.54, 1.807) is 0 Å². The second-order valence-corrected chi connectivity index (χ2v) is 5.20. The van der Waals surface area contributed by atoms with E-state index in [2.05, 4.69) is 4.90 Å². The predicted octanol–water partition coefficient (Wildman–Crippen LogP) is 1.83. The quantitative estimate of drug-likeness (QED) is 0.870. The highest BCUT2D eigenvalue weighted by Gasteiger charge is 2.24. The van der Waals surface area contributed by atoms with Gasteiger partial charge in [0.25, 0.3) is 0 Å². The molecule has 1 aromatic rings. The molecular formula is C15H22N2O2. The monoisotopic (exact) mass is 262 g/mol. The van der Waals surface area contributed by atoms with E-state index in [-0.39, 0.29) is 11.8 Å². The molecule has 0 aliphatic carbocycles. The molecule has 2 atom stereocenters. The number of anilines is 1. The summed E-state index contributed by atoms with van der Waals surface area (Å²) < 4.78 is 0. The number of aliphatic hydroxyl groups is 1. The van der Waals surface area contributed by atoms with E-state index in [0.717, 1.165) is 30.6 Å². The van der Waals surface area contributed by atoms with Crippen molar-refractivity contribution in [2.24, 2.45) is 11.7 Å². The number of primary amides is 1. The lowest BCUT2D eigenvalue weighted by Gasteiger charge is -2.33. The van der Waals surface area contributed by atoms with Crippen molar-refractivity contribution < 1.29 is 9.90 Å². The van der Waals surface area contributed by atoms with Crippen molar-refractivity contribution in [1.29, 1.82) is 0 Å². The first-order chi connectivity index (χ1) is 9.11. The maximum Gasteiger partial charge on any atom is 0.222 e. The Morgan fingerprint density at radius 2 is 2.16 bits per heavy atom. The van der Waals surface area contributed by atoms with Crippen LogP contribution in [0.15, 0.2) is 24.3 Å². The number of carbonyl (C=O) groups is 1. The zero-order valence-corrected chi connectivity index (χ0v) is 11.4. The number of piperidine rings is 1. The summed E-state index contributed by atoms with van der Waals surface area (Å²) >= 11 is 0. The smallest absolute Gasteiger partial charge is 0.222 e. The average molecular weight is 262 g/mol. The van der Waals surface area contributed by atoms with Gasteiger partial charge in [-0.15, -0.1) is 0 Å². The summed E-state index contributed by atoms with van der Waals surface area (Å²) in [4.78, 5) is 13.5. The third-order valence-electron chi connectivity index (χ3n) is 3.85. The Hall–Kier alpha value is -1.55. The van der Waals surface area contributed by atoms with E-state index in [1.165, 1.54) is 0 Å². The molecule has 2 unspecified atom stereocenters. The van der Waals surface area contributed by atoms with Gasteiger partial charge in [-0.1, -0.05) is 19.1 Å². The maximum atomic E-state index is 11.3. The van der Waals surface area contributed by atoms with E-state index in [1.807, 2.05) is 31.2 Å². The van der Waals surface area contributed by atoms with Crippen molar-refractivity contribution in [3.63, 3.8) is 0 Å². The molecule has 4 heteroatoms. The van der Waals surface area contributed by atoms with Gasteiger partial charge in [-0.25, -0.2) is 0 Å². The first-order valence-corrected chi connectivity index (χ1v) is 6.94. The molecule has 2 rings (SSSR count). The third-order valence-corrected chi connectivity index (χ3v) is 3.85. The molecule has 19 heavy (non-hydrogen) atoms. The van der Waals surface area contributed by atoms with Crippen LogP contribution in [0.1, 0.15) is 37.9 Å². The van der Waals surface area contributed by atoms with Gasteiger partial charge in [0.05, 0.1) is 12.0 Å². The van der Waals surface area contributed by atoms with Gasteiger partial charge in [0, 0.05) is 18.8 Å². The van der Waals surface area contributed by atoms with Crippen LogP contribution in [0.2, 0.25) is 0 Å². The fourth-order valence-electron chi connectivity index (χ4n) is 2.59. The zero-order valence-electron chi connectivity index (χ0n) is 11.4. The summed E-state index contributed by atoms with van der Waals surface area (Å²) in [5.74, 6) is -0.252. The second-order valence-electron chi connectivity index (χ2n) is 5.20. The van der Waals surface area contributed by atoms with Crippen LogP contribution in [0.3, 0.4) is 0 Å². The Morgan fingerprint density at radius 1 is 1.47 bits per heavy atom. The van der Waals surface area contributed by atoms with E-state index >= 15 is 0 Å². The Balaban J connectivity index is 2.07. The minimum atomic E-state index is -0.395. The summed E-state index contributed by atoms with van der Waals surface area (Å²) in [6.45, 7) is 3.62. The summed E-state index contributed by atoms with van der Waals surface area (Å²) in [6, 6.07) is 7.93. The van der Waals surface area contributed by atoms with Crippen LogP contribution in [-0.4, -0.2) is 24.1 Å². The number of carbonyl (C=O) groups excluding carboxylic acids is 1. The molecule has 0 saturated carbocycles. The number of rotatable bonds is 4. The van der Waals surface area contributed by atoms with Crippen molar-refractivity contribution in [2.75, 3.05) is 18.0 Å². The summed E-state index contributed by atoms with van der Waals surface area (Å²) in [5, 5.41) is 9.77. The van der Waals surface area contributed by atoms with Crippen LogP contribution < -0.4 is 10.6 Å². The highest BCUT2D eigenvalue weighted by atomic mass is 16.3. The summed E-state index contributed by atoms with van der Waals surface area (Å²) in [7, 11) is 0. The van der Waals surface area contributed by atoms with Gasteiger partial charge in [-0.2, -0.15) is 0 Å². The van der Waals surface area contributed by atoms with Crippen LogP contribution in [0.25, 0.3) is 0 Å². The van der Waals surface area contributed by atoms with Crippen molar-refractivity contribution in [3.05, 3.63) is 29.8 Å². The first kappa shape index (κ1) is 13.9. The van der Waals surface area contributed by atoms with Crippen molar-refractivity contribution >= 4 is 11.6 Å². The van der Waals surface area contributed by atoms with Crippen LogP contribution in [-0.2, 0) is 4.79 Å². The van der Waals surface area contributed by atoms with Crippen molar-refractivity contribution in [2.45, 2.75) is 32.3 Å². The molecule has 104 valence electrons. The lowest BCUT2D eigenvalue weighted by atomic mass is 9.96. The molecule has 1 fully saturated rings. The molecule has 1 heterocycles. The number of nitrogens with zero attached hydrogens (tertiary/aromatic N) is 1. The lowest BCUT2D eigenvalue weighted by Crippen LogP contribution is -2.41. The molecule has 3 N–H and O–H groups in total. The van der Waals surface area contributed by atoms with E-state index in [9.17, 15) is 9.90 Å². The van der Waals surface area contributed by atoms with Crippen molar-refractivity contribution in [1.82, 2.24) is 0 Å². The lowest BCUT2D eigenvalue weighted by molar-refractivity contribution is -0.122. The molecular weight excluding hydrogens is 240 g/mol. The molecule has 0 bridgehead atoms. The minimum Gasteiger partial charge on any atom is -0.388 e. The number of aliphatic hydroxyl groups excluding tert-OH is 1. The van der Waals surface area contributed by atoms with Gasteiger partial charge in [0.1, 0.15) is 0 Å². The molecule has 0 spiro atoms. The topological polar surface area (TPSA) is 66.6 Å². The molecule has 1 aliphatic heterocycles. The van der Waals surface area contributed by atoms with Crippen LogP contribution >= 0.6 is 0 Å². The van der Waals surface area contributed by atoms with E-state index < -0.39 is 6.10 Å². The van der Waals surface area contributed by atoms with Gasteiger partial charge in [0.15, 0.2) is 0 Å². The molecule has 4 nitrogen and oxygen atoms in total. The zero-order chi connectivity index (χ0) is 13.8. The Morgan fingerprint density at radius 3 is 2.74 bits per heavy atom. The SMILES string of the molecule is CCC(O)c1ccc(N2CCCC(C(N)=O)C2)cc1. The molecule has 0 radical (unpaired) electrons. The second kappa shape index (κ2) is 6.06. The third kappa shape index (κ3) is 3.26. The molecule has 1 amide bonds. The summed E-state index contributed by atoms with van der Waals surface area (Å²) in [5.41, 5.74) is 7.43. The number of hydrogen-bond acceptors (Lipinski definition) is 3. The van der Waals surface area contributed by atoms with Gasteiger partial charge < -0.3 is 15.7 Å². The normalized spacial score (nSPS) is 21.2. The van der Waals surface area contributed by atoms with Crippen molar-refractivity contribution in [3.8, 4) is 0 Å². The van der Waals surface area contributed by atoms with Gasteiger partial charge >= 0.3 is 0 Å². The van der Waals surface area contributed by atoms with Crippen LogP contribution in [0.4, 0.5) is 5.69 Å². The molecule has 0 aromatic heterocycles. The van der Waals surface area contributed by atoms with E-state index in [4.69, 9.17) is 5.73 Å². The van der Waals surface area contributed by atoms with Crippen LogP contribution in [0, 0.1) is 5.92 Å². The number of hydrogen-bond donors (Lipinski definition) is 2. The summed E-state index contributed by atoms with van der Waals surface area (Å²) in [6.07, 6.45) is 2.20. The Labute approximate surface area is 114 Å². The van der Waals surface area contributed by atoms with Gasteiger partial charge in [-0.3, -0.25) is 4.79 Å². The minimum absolute atomic E-state index is 0.0466. The largest absolute Gasteiger partial charge is 0.388 e. The first-order valence-electron chi connectivity index (χ1n) is 6.94. The van der Waals surface area contributed by atoms with E-state index in [0.29, 0.717) is 13.0 Å². The Bertz CT molecular complexity index is 430. The van der Waals surface area contributed by atoms with Crippen LogP contribution in [0.5, 0.6) is 0 Å².